The minimum absolute atomic E-state index is 0.278. The van der Waals surface area contributed by atoms with Crippen LogP contribution in [0.2, 0.25) is 10.0 Å². The van der Waals surface area contributed by atoms with Crippen LogP contribution in [0.15, 0.2) is 34.8 Å². The van der Waals surface area contributed by atoms with Gasteiger partial charge in [0.05, 0.1) is 6.61 Å². The van der Waals surface area contributed by atoms with Crippen LogP contribution in [-0.4, -0.2) is 13.2 Å². The zero-order valence-electron chi connectivity index (χ0n) is 17.9. The molecule has 0 fully saturated rings. The molecule has 0 aromatic heterocycles. The molecule has 0 bridgehead atoms. The first-order valence-electron chi connectivity index (χ1n) is 10.8. The van der Waals surface area contributed by atoms with Crippen LogP contribution in [0.5, 0.6) is 11.5 Å². The summed E-state index contributed by atoms with van der Waals surface area (Å²) in [7, 11) is 0. The maximum atomic E-state index is 6.26. The lowest BCUT2D eigenvalue weighted by Gasteiger charge is -2.16. The molecule has 0 radical (unpaired) electrons. The molecule has 0 saturated heterocycles. The Balaban J connectivity index is 1.94. The summed E-state index contributed by atoms with van der Waals surface area (Å²) in [6.07, 6.45) is 7.81. The Hall–Kier alpha value is -0.940. The van der Waals surface area contributed by atoms with E-state index in [1.54, 1.807) is 0 Å². The average molecular weight is 517 g/mol. The van der Waals surface area contributed by atoms with Crippen molar-refractivity contribution in [1.82, 2.24) is 5.32 Å². The van der Waals surface area contributed by atoms with Gasteiger partial charge < -0.3 is 14.8 Å². The summed E-state index contributed by atoms with van der Waals surface area (Å²) in [5.41, 5.74) is 1.91. The molecule has 0 amide bonds. The summed E-state index contributed by atoms with van der Waals surface area (Å²) in [4.78, 5) is 0. The van der Waals surface area contributed by atoms with Crippen molar-refractivity contribution in [3.05, 3.63) is 56.0 Å². The van der Waals surface area contributed by atoms with Gasteiger partial charge >= 0.3 is 0 Å². The molecule has 2 aromatic rings. The molecular formula is C24H32BrCl2NO2. The van der Waals surface area contributed by atoms with Crippen LogP contribution in [0.1, 0.15) is 63.5 Å². The van der Waals surface area contributed by atoms with Crippen LogP contribution in [-0.2, 0) is 13.2 Å². The smallest absolute Gasteiger partial charge is 0.162 e. The fraction of sp³-hybridized carbons (Fsp3) is 0.500. The molecule has 0 heterocycles. The third kappa shape index (κ3) is 8.30. The molecule has 0 spiro atoms. The van der Waals surface area contributed by atoms with E-state index in [9.17, 15) is 0 Å². The van der Waals surface area contributed by atoms with Gasteiger partial charge in [0.15, 0.2) is 11.5 Å². The second kappa shape index (κ2) is 14.2. The fourth-order valence-corrected chi connectivity index (χ4v) is 4.14. The predicted molar refractivity (Wildman–Crippen MR) is 131 cm³/mol. The Morgan fingerprint density at radius 2 is 1.57 bits per heavy atom. The Kier molecular flexibility index (Phi) is 12.0. The predicted octanol–water partition coefficient (Wildman–Crippen LogP) is 8.18. The highest BCUT2D eigenvalue weighted by atomic mass is 79.9. The van der Waals surface area contributed by atoms with Gasteiger partial charge in [0, 0.05) is 26.6 Å². The first kappa shape index (κ1) is 25.3. The lowest BCUT2D eigenvalue weighted by molar-refractivity contribution is 0.269. The monoisotopic (exact) mass is 515 g/mol. The van der Waals surface area contributed by atoms with Gasteiger partial charge in [-0.25, -0.2) is 0 Å². The molecule has 0 aliphatic carbocycles. The van der Waals surface area contributed by atoms with E-state index in [0.29, 0.717) is 22.4 Å². The van der Waals surface area contributed by atoms with E-state index in [1.807, 2.05) is 37.3 Å². The van der Waals surface area contributed by atoms with Crippen molar-refractivity contribution in [2.45, 2.75) is 65.5 Å². The number of hydrogen-bond acceptors (Lipinski definition) is 3. The van der Waals surface area contributed by atoms with Crippen LogP contribution < -0.4 is 14.8 Å². The molecule has 166 valence electrons. The first-order chi connectivity index (χ1) is 14.6. The number of benzene rings is 2. The maximum absolute atomic E-state index is 6.26. The summed E-state index contributed by atoms with van der Waals surface area (Å²) < 4.78 is 12.8. The lowest BCUT2D eigenvalue weighted by atomic mass is 10.1. The first-order valence-corrected chi connectivity index (χ1v) is 12.3. The third-order valence-electron chi connectivity index (χ3n) is 4.87. The normalized spacial score (nSPS) is 11.0. The van der Waals surface area contributed by atoms with Crippen molar-refractivity contribution >= 4 is 39.1 Å². The molecule has 2 rings (SSSR count). The SMILES string of the molecule is CCCCCCCCNCc1cc(OCC)c(OCc2c(Cl)cccc2Cl)cc1Br. The zero-order valence-corrected chi connectivity index (χ0v) is 21.0. The maximum Gasteiger partial charge on any atom is 0.162 e. The van der Waals surface area contributed by atoms with Crippen LogP contribution >= 0.6 is 39.1 Å². The lowest BCUT2D eigenvalue weighted by Crippen LogP contribution is -2.15. The van der Waals surface area contributed by atoms with E-state index in [4.69, 9.17) is 32.7 Å². The van der Waals surface area contributed by atoms with Crippen LogP contribution in [0.3, 0.4) is 0 Å². The van der Waals surface area contributed by atoms with Crippen molar-refractivity contribution in [2.75, 3.05) is 13.2 Å². The molecule has 2 aromatic carbocycles. The van der Waals surface area contributed by atoms with Crippen molar-refractivity contribution in [1.29, 1.82) is 0 Å². The van der Waals surface area contributed by atoms with E-state index < -0.39 is 0 Å². The van der Waals surface area contributed by atoms with Gasteiger partial charge in [-0.15, -0.1) is 0 Å². The fourth-order valence-electron chi connectivity index (χ4n) is 3.17. The minimum Gasteiger partial charge on any atom is -0.490 e. The van der Waals surface area contributed by atoms with E-state index in [2.05, 4.69) is 28.2 Å². The van der Waals surface area contributed by atoms with Gasteiger partial charge in [0.25, 0.3) is 0 Å². The van der Waals surface area contributed by atoms with E-state index in [0.717, 1.165) is 34.4 Å². The Bertz CT molecular complexity index is 766. The van der Waals surface area contributed by atoms with Gasteiger partial charge in [0.1, 0.15) is 6.61 Å². The number of hydrogen-bond donors (Lipinski definition) is 1. The van der Waals surface area contributed by atoms with Gasteiger partial charge in [0.2, 0.25) is 0 Å². The van der Waals surface area contributed by atoms with Crippen molar-refractivity contribution in [2.24, 2.45) is 0 Å². The third-order valence-corrected chi connectivity index (χ3v) is 6.32. The zero-order chi connectivity index (χ0) is 21.8. The van der Waals surface area contributed by atoms with E-state index in [-0.39, 0.29) is 6.61 Å². The molecule has 3 nitrogen and oxygen atoms in total. The number of nitrogens with one attached hydrogen (secondary N) is 1. The van der Waals surface area contributed by atoms with Gasteiger partial charge in [-0.3, -0.25) is 0 Å². The molecule has 0 saturated carbocycles. The Morgan fingerprint density at radius 3 is 2.27 bits per heavy atom. The minimum atomic E-state index is 0.278. The molecule has 6 heteroatoms. The van der Waals surface area contributed by atoms with Crippen LogP contribution in [0, 0.1) is 0 Å². The second-order valence-electron chi connectivity index (χ2n) is 7.26. The number of rotatable bonds is 14. The summed E-state index contributed by atoms with van der Waals surface area (Å²) in [6, 6.07) is 9.43. The Morgan fingerprint density at radius 1 is 0.900 bits per heavy atom. The van der Waals surface area contributed by atoms with E-state index in [1.165, 1.54) is 38.5 Å². The quantitative estimate of drug-likeness (QED) is 0.257. The van der Waals surface area contributed by atoms with E-state index >= 15 is 0 Å². The summed E-state index contributed by atoms with van der Waals surface area (Å²) in [5.74, 6) is 1.39. The molecule has 0 atom stereocenters. The highest BCUT2D eigenvalue weighted by Gasteiger charge is 2.13. The van der Waals surface area contributed by atoms with Gasteiger partial charge in [-0.05, 0) is 49.7 Å². The topological polar surface area (TPSA) is 30.5 Å². The number of unbranched alkanes of at least 4 members (excludes halogenated alkanes) is 5. The van der Waals surface area contributed by atoms with Crippen molar-refractivity contribution in [3.8, 4) is 11.5 Å². The molecule has 30 heavy (non-hydrogen) atoms. The molecule has 1 N–H and O–H groups in total. The molecule has 0 unspecified atom stereocenters. The molecule has 0 aliphatic rings. The summed E-state index contributed by atoms with van der Waals surface area (Å²) in [6.45, 7) is 6.86. The van der Waals surface area contributed by atoms with Crippen LogP contribution in [0.25, 0.3) is 0 Å². The standard InChI is InChI=1S/C24H32BrCl2NO2/c1-3-5-6-7-8-9-13-28-16-18-14-23(29-4-2)24(15-20(18)25)30-17-19-21(26)11-10-12-22(19)27/h10-12,14-15,28H,3-9,13,16-17H2,1-2H3. The van der Waals surface area contributed by atoms with Gasteiger partial charge in [-0.1, -0.05) is 84.2 Å². The average Bonchev–Trinajstić information content (AvgIpc) is 2.72. The summed E-state index contributed by atoms with van der Waals surface area (Å²) in [5, 5.41) is 4.72. The van der Waals surface area contributed by atoms with Gasteiger partial charge in [-0.2, -0.15) is 0 Å². The Labute approximate surface area is 199 Å². The molecule has 0 aliphatic heterocycles. The highest BCUT2D eigenvalue weighted by Crippen LogP contribution is 2.35. The number of halogens is 3. The van der Waals surface area contributed by atoms with Crippen molar-refractivity contribution < 1.29 is 9.47 Å². The van der Waals surface area contributed by atoms with Crippen LogP contribution in [0.4, 0.5) is 0 Å². The largest absolute Gasteiger partial charge is 0.490 e. The molecular weight excluding hydrogens is 485 g/mol. The van der Waals surface area contributed by atoms with Crippen molar-refractivity contribution in [3.63, 3.8) is 0 Å². The second-order valence-corrected chi connectivity index (χ2v) is 8.93. The summed E-state index contributed by atoms with van der Waals surface area (Å²) >= 11 is 16.2. The number of ether oxygens (including phenoxy) is 2. The highest BCUT2D eigenvalue weighted by molar-refractivity contribution is 9.10.